The molecule has 0 saturated heterocycles. The molecule has 1 amide bonds. The van der Waals surface area contributed by atoms with Gasteiger partial charge in [0.25, 0.3) is 5.91 Å². The van der Waals surface area contributed by atoms with E-state index in [-0.39, 0.29) is 11.9 Å². The van der Waals surface area contributed by atoms with Gasteiger partial charge in [0, 0.05) is 13.0 Å². The molecule has 0 aliphatic carbocycles. The Bertz CT molecular complexity index is 634. The van der Waals surface area contributed by atoms with Crippen molar-refractivity contribution in [3.05, 3.63) is 53.2 Å². The van der Waals surface area contributed by atoms with Gasteiger partial charge in [0.1, 0.15) is 5.76 Å². The molecule has 0 unspecified atom stereocenters. The van der Waals surface area contributed by atoms with E-state index in [2.05, 4.69) is 40.3 Å². The summed E-state index contributed by atoms with van der Waals surface area (Å²) in [5.74, 6) is 0.430. The van der Waals surface area contributed by atoms with Crippen LogP contribution in [0.25, 0.3) is 0 Å². The molecule has 22 heavy (non-hydrogen) atoms. The lowest BCUT2D eigenvalue weighted by Gasteiger charge is -2.25. The summed E-state index contributed by atoms with van der Waals surface area (Å²) in [4.78, 5) is 18.4. The second-order valence-electron chi connectivity index (χ2n) is 5.58. The molecule has 1 N–H and O–H groups in total. The number of carbonyl (C=O) groups is 1. The summed E-state index contributed by atoms with van der Waals surface area (Å²) >= 11 is 0. The number of oxazole rings is 1. The van der Waals surface area contributed by atoms with Gasteiger partial charge in [-0.3, -0.25) is 4.79 Å². The minimum Gasteiger partial charge on any atom is -0.448 e. The predicted molar refractivity (Wildman–Crippen MR) is 85.8 cm³/mol. The highest BCUT2D eigenvalue weighted by Crippen LogP contribution is 2.18. The Labute approximate surface area is 131 Å². The van der Waals surface area contributed by atoms with E-state index >= 15 is 0 Å². The summed E-state index contributed by atoms with van der Waals surface area (Å²) < 4.78 is 5.21. The molecule has 1 atom stereocenters. The quantitative estimate of drug-likeness (QED) is 0.891. The predicted octanol–water partition coefficient (Wildman–Crippen LogP) is 2.58. The maximum atomic E-state index is 12.3. The summed E-state index contributed by atoms with van der Waals surface area (Å²) in [6.45, 7) is 4.52. The summed E-state index contributed by atoms with van der Waals surface area (Å²) in [7, 11) is 4.01. The SMILES string of the molecule is CCc1ocnc1C(=O)NC[C@@H](c1cccc(C)c1)N(C)C. The third-order valence-corrected chi connectivity index (χ3v) is 3.68. The molecular formula is C17H23N3O2. The van der Waals surface area contributed by atoms with Crippen LogP contribution in [0.15, 0.2) is 35.1 Å². The van der Waals surface area contributed by atoms with Crippen molar-refractivity contribution in [3.8, 4) is 0 Å². The Morgan fingerprint density at radius 2 is 2.18 bits per heavy atom. The summed E-state index contributed by atoms with van der Waals surface area (Å²) in [5.41, 5.74) is 2.77. The van der Waals surface area contributed by atoms with E-state index in [1.54, 1.807) is 0 Å². The smallest absolute Gasteiger partial charge is 0.273 e. The van der Waals surface area contributed by atoms with E-state index in [1.807, 2.05) is 27.1 Å². The van der Waals surface area contributed by atoms with Crippen molar-refractivity contribution in [2.45, 2.75) is 26.3 Å². The third-order valence-electron chi connectivity index (χ3n) is 3.68. The normalized spacial score (nSPS) is 12.4. The van der Waals surface area contributed by atoms with Gasteiger partial charge in [0.2, 0.25) is 0 Å². The van der Waals surface area contributed by atoms with E-state index in [0.717, 1.165) is 0 Å². The molecule has 0 radical (unpaired) electrons. The number of carbonyl (C=O) groups excluding carboxylic acids is 1. The molecule has 1 aromatic heterocycles. The zero-order valence-electron chi connectivity index (χ0n) is 13.6. The van der Waals surface area contributed by atoms with E-state index in [0.29, 0.717) is 24.4 Å². The number of hydrogen-bond acceptors (Lipinski definition) is 4. The first-order chi connectivity index (χ1) is 10.5. The first-order valence-electron chi connectivity index (χ1n) is 7.46. The monoisotopic (exact) mass is 301 g/mol. The average Bonchev–Trinajstić information content (AvgIpc) is 2.95. The van der Waals surface area contributed by atoms with E-state index in [9.17, 15) is 4.79 Å². The van der Waals surface area contributed by atoms with Crippen LogP contribution in [0.4, 0.5) is 0 Å². The summed E-state index contributed by atoms with van der Waals surface area (Å²) in [6.07, 6.45) is 1.97. The van der Waals surface area contributed by atoms with Crippen LogP contribution in [0.3, 0.4) is 0 Å². The van der Waals surface area contributed by atoms with E-state index < -0.39 is 0 Å². The molecule has 2 rings (SSSR count). The summed E-state index contributed by atoms with van der Waals surface area (Å²) in [6, 6.07) is 8.44. The van der Waals surface area contributed by atoms with Crippen molar-refractivity contribution in [1.29, 1.82) is 0 Å². The van der Waals surface area contributed by atoms with Crippen molar-refractivity contribution in [2.75, 3.05) is 20.6 Å². The molecule has 0 fully saturated rings. The lowest BCUT2D eigenvalue weighted by molar-refractivity contribution is 0.0935. The number of amides is 1. The van der Waals surface area contributed by atoms with Crippen LogP contribution in [-0.4, -0.2) is 36.4 Å². The molecule has 118 valence electrons. The minimum absolute atomic E-state index is 0.112. The van der Waals surface area contributed by atoms with Crippen LogP contribution < -0.4 is 5.32 Å². The Balaban J connectivity index is 2.08. The summed E-state index contributed by atoms with van der Waals surface area (Å²) in [5, 5.41) is 2.96. The molecule has 2 aromatic rings. The Morgan fingerprint density at radius 3 is 2.82 bits per heavy atom. The zero-order valence-corrected chi connectivity index (χ0v) is 13.6. The first-order valence-corrected chi connectivity index (χ1v) is 7.46. The van der Waals surface area contributed by atoms with Gasteiger partial charge >= 0.3 is 0 Å². The lowest BCUT2D eigenvalue weighted by Crippen LogP contribution is -2.35. The minimum atomic E-state index is -0.190. The fraction of sp³-hybridized carbons (Fsp3) is 0.412. The molecule has 5 nitrogen and oxygen atoms in total. The Kier molecular flexibility index (Phi) is 5.33. The average molecular weight is 301 g/mol. The van der Waals surface area contributed by atoms with Crippen LogP contribution in [0.5, 0.6) is 0 Å². The fourth-order valence-electron chi connectivity index (χ4n) is 2.46. The topological polar surface area (TPSA) is 58.4 Å². The number of nitrogens with zero attached hydrogens (tertiary/aromatic N) is 2. The number of rotatable bonds is 6. The van der Waals surface area contributed by atoms with Crippen molar-refractivity contribution in [2.24, 2.45) is 0 Å². The third kappa shape index (κ3) is 3.74. The highest BCUT2D eigenvalue weighted by Gasteiger charge is 2.19. The van der Waals surface area contributed by atoms with Crippen molar-refractivity contribution < 1.29 is 9.21 Å². The van der Waals surface area contributed by atoms with Gasteiger partial charge in [-0.2, -0.15) is 0 Å². The van der Waals surface area contributed by atoms with Crippen LogP contribution in [0.1, 0.15) is 40.3 Å². The number of aryl methyl sites for hydroxylation is 2. The van der Waals surface area contributed by atoms with Gasteiger partial charge in [0.05, 0.1) is 6.04 Å². The molecule has 0 saturated carbocycles. The maximum absolute atomic E-state index is 12.3. The molecule has 0 aliphatic heterocycles. The van der Waals surface area contributed by atoms with Crippen LogP contribution in [0.2, 0.25) is 0 Å². The molecule has 0 spiro atoms. The van der Waals surface area contributed by atoms with Gasteiger partial charge < -0.3 is 14.6 Å². The zero-order chi connectivity index (χ0) is 16.1. The highest BCUT2D eigenvalue weighted by atomic mass is 16.3. The van der Waals surface area contributed by atoms with Crippen molar-refractivity contribution in [1.82, 2.24) is 15.2 Å². The number of aromatic nitrogens is 1. The Hall–Kier alpha value is -2.14. The number of nitrogens with one attached hydrogen (secondary N) is 1. The molecule has 0 aliphatic rings. The first kappa shape index (κ1) is 16.2. The van der Waals surface area contributed by atoms with Gasteiger partial charge in [-0.25, -0.2) is 4.98 Å². The second-order valence-corrected chi connectivity index (χ2v) is 5.58. The van der Waals surface area contributed by atoms with Crippen LogP contribution >= 0.6 is 0 Å². The van der Waals surface area contributed by atoms with Crippen molar-refractivity contribution >= 4 is 5.91 Å². The van der Waals surface area contributed by atoms with Gasteiger partial charge in [0.15, 0.2) is 12.1 Å². The Morgan fingerprint density at radius 1 is 1.41 bits per heavy atom. The van der Waals surface area contributed by atoms with Crippen molar-refractivity contribution in [3.63, 3.8) is 0 Å². The molecule has 0 bridgehead atoms. The molecule has 1 aromatic carbocycles. The van der Waals surface area contributed by atoms with E-state index in [1.165, 1.54) is 17.5 Å². The highest BCUT2D eigenvalue weighted by molar-refractivity contribution is 5.93. The molecular weight excluding hydrogens is 278 g/mol. The van der Waals surface area contributed by atoms with Gasteiger partial charge in [-0.15, -0.1) is 0 Å². The van der Waals surface area contributed by atoms with Gasteiger partial charge in [-0.05, 0) is 26.6 Å². The largest absolute Gasteiger partial charge is 0.448 e. The van der Waals surface area contributed by atoms with E-state index in [4.69, 9.17) is 4.42 Å². The van der Waals surface area contributed by atoms with Crippen LogP contribution in [0, 0.1) is 6.92 Å². The lowest BCUT2D eigenvalue weighted by atomic mass is 10.0. The van der Waals surface area contributed by atoms with Crippen LogP contribution in [-0.2, 0) is 6.42 Å². The van der Waals surface area contributed by atoms with Gasteiger partial charge in [-0.1, -0.05) is 36.8 Å². The number of benzene rings is 1. The molecule has 5 heteroatoms. The fourth-order valence-corrected chi connectivity index (χ4v) is 2.46. The standard InChI is InChI=1S/C17H23N3O2/c1-5-15-16(19-11-22-15)17(21)18-10-14(20(3)4)13-8-6-7-12(2)9-13/h6-9,11,14H,5,10H2,1-4H3,(H,18,21)/t14-/m0/s1. The number of likely N-dealkylation sites (N-methyl/N-ethyl adjacent to an activating group) is 1. The number of hydrogen-bond donors (Lipinski definition) is 1. The maximum Gasteiger partial charge on any atom is 0.273 e. The molecule has 1 heterocycles. The second kappa shape index (κ2) is 7.22.